The number of carbonyl (C=O) groups excluding carboxylic acids is 2. The van der Waals surface area contributed by atoms with Crippen LogP contribution in [0.25, 0.3) is 0 Å². The van der Waals surface area contributed by atoms with E-state index in [4.69, 9.17) is 11.6 Å². The molecule has 0 saturated carbocycles. The molecule has 1 aliphatic rings. The second-order valence-corrected chi connectivity index (χ2v) is 5.70. The van der Waals surface area contributed by atoms with Gasteiger partial charge in [-0.15, -0.1) is 5.10 Å². The molecule has 1 atom stereocenters. The molecule has 0 aromatic carbocycles. The van der Waals surface area contributed by atoms with Crippen molar-refractivity contribution in [2.24, 2.45) is 5.92 Å². The zero-order valence-electron chi connectivity index (χ0n) is 9.80. The van der Waals surface area contributed by atoms with Crippen LogP contribution in [0.15, 0.2) is 12.3 Å². The number of hydrogen-bond acceptors (Lipinski definition) is 5. The minimum Gasteiger partial charge on any atom is -0.310 e. The Morgan fingerprint density at radius 3 is 3.11 bits per heavy atom. The van der Waals surface area contributed by atoms with Crippen LogP contribution in [0, 0.1) is 5.92 Å². The Morgan fingerprint density at radius 2 is 2.44 bits per heavy atom. The van der Waals surface area contributed by atoms with E-state index in [0.29, 0.717) is 24.4 Å². The number of rotatable bonds is 3. The summed E-state index contributed by atoms with van der Waals surface area (Å²) in [6.07, 6.45) is 1.98. The van der Waals surface area contributed by atoms with Gasteiger partial charge in [0.15, 0.2) is 10.3 Å². The molecule has 0 radical (unpaired) electrons. The van der Waals surface area contributed by atoms with Crippen LogP contribution in [0.2, 0.25) is 5.15 Å². The summed E-state index contributed by atoms with van der Waals surface area (Å²) in [6.45, 7) is 2.13. The van der Waals surface area contributed by atoms with Crippen molar-refractivity contribution in [1.29, 1.82) is 0 Å². The molecule has 1 aliphatic heterocycles. The summed E-state index contributed by atoms with van der Waals surface area (Å²) in [5.41, 5.74) is 0.662. The van der Waals surface area contributed by atoms with Crippen LogP contribution in [0.1, 0.15) is 13.3 Å². The van der Waals surface area contributed by atoms with Crippen molar-refractivity contribution in [3.05, 3.63) is 17.4 Å². The maximum Gasteiger partial charge on any atom is 0.227 e. The summed E-state index contributed by atoms with van der Waals surface area (Å²) in [5, 5.41) is 7.71. The first-order valence-electron chi connectivity index (χ1n) is 5.48. The lowest BCUT2D eigenvalue weighted by Crippen LogP contribution is -2.25. The van der Waals surface area contributed by atoms with Gasteiger partial charge in [-0.3, -0.25) is 9.59 Å². The van der Waals surface area contributed by atoms with Gasteiger partial charge in [0.1, 0.15) is 0 Å². The summed E-state index contributed by atoms with van der Waals surface area (Å²) in [4.78, 5) is 24.4. The molecule has 96 valence electrons. The lowest BCUT2D eigenvalue weighted by atomic mass is 10.1. The van der Waals surface area contributed by atoms with Gasteiger partial charge in [-0.1, -0.05) is 23.4 Å². The van der Waals surface area contributed by atoms with Gasteiger partial charge in [0.2, 0.25) is 5.91 Å². The van der Waals surface area contributed by atoms with E-state index in [2.05, 4.69) is 10.2 Å². The SMILES string of the molecule is CC(=O)SCC1CC(=O)N(c2cnnc(Cl)c2)C1. The fourth-order valence-corrected chi connectivity index (χ4v) is 2.71. The molecule has 0 bridgehead atoms. The minimum absolute atomic E-state index is 0.0354. The molecule has 7 heteroatoms. The summed E-state index contributed by atoms with van der Waals surface area (Å²) >= 11 is 7.01. The van der Waals surface area contributed by atoms with Gasteiger partial charge < -0.3 is 4.90 Å². The monoisotopic (exact) mass is 285 g/mol. The van der Waals surface area contributed by atoms with Crippen molar-refractivity contribution in [3.63, 3.8) is 0 Å². The Morgan fingerprint density at radius 1 is 1.67 bits per heavy atom. The third kappa shape index (κ3) is 3.20. The van der Waals surface area contributed by atoms with E-state index in [0.717, 1.165) is 0 Å². The van der Waals surface area contributed by atoms with Gasteiger partial charge in [-0.2, -0.15) is 5.10 Å². The Labute approximate surface area is 114 Å². The molecule has 1 aromatic rings. The Balaban J connectivity index is 2.03. The molecule has 1 amide bonds. The van der Waals surface area contributed by atoms with E-state index in [-0.39, 0.29) is 22.1 Å². The van der Waals surface area contributed by atoms with E-state index >= 15 is 0 Å². The number of aromatic nitrogens is 2. The molecule has 1 fully saturated rings. The van der Waals surface area contributed by atoms with Crippen LogP contribution in [0.4, 0.5) is 5.69 Å². The normalized spacial score (nSPS) is 19.3. The van der Waals surface area contributed by atoms with Crippen molar-refractivity contribution in [2.45, 2.75) is 13.3 Å². The lowest BCUT2D eigenvalue weighted by Gasteiger charge is -2.15. The molecule has 0 N–H and O–H groups in total. The molecule has 1 unspecified atom stereocenters. The van der Waals surface area contributed by atoms with Crippen LogP contribution in [-0.2, 0) is 9.59 Å². The predicted octanol–water partition coefficient (Wildman–Crippen LogP) is 1.76. The standard InChI is InChI=1S/C11H12ClN3O2S/c1-7(16)18-6-8-2-11(17)15(5-8)9-3-10(12)14-13-4-9/h3-4,8H,2,5-6H2,1H3. The molecule has 1 aromatic heterocycles. The third-order valence-electron chi connectivity index (χ3n) is 2.65. The van der Waals surface area contributed by atoms with Crippen molar-refractivity contribution in [1.82, 2.24) is 10.2 Å². The summed E-state index contributed by atoms with van der Waals surface area (Å²) in [5.74, 6) is 0.899. The van der Waals surface area contributed by atoms with E-state index in [1.807, 2.05) is 0 Å². The predicted molar refractivity (Wildman–Crippen MR) is 70.6 cm³/mol. The first-order chi connectivity index (χ1) is 8.56. The molecule has 2 rings (SSSR count). The van der Waals surface area contributed by atoms with Gasteiger partial charge in [-0.05, 0) is 5.92 Å². The summed E-state index contributed by atoms with van der Waals surface area (Å²) in [7, 11) is 0. The average Bonchev–Trinajstić information content (AvgIpc) is 2.68. The molecule has 18 heavy (non-hydrogen) atoms. The minimum atomic E-state index is 0.0354. The molecule has 0 spiro atoms. The molecule has 5 nitrogen and oxygen atoms in total. The number of halogens is 1. The number of amides is 1. The van der Waals surface area contributed by atoms with Crippen LogP contribution in [0.3, 0.4) is 0 Å². The lowest BCUT2D eigenvalue weighted by molar-refractivity contribution is -0.117. The highest BCUT2D eigenvalue weighted by Crippen LogP contribution is 2.27. The van der Waals surface area contributed by atoms with Crippen LogP contribution < -0.4 is 4.90 Å². The van der Waals surface area contributed by atoms with Crippen LogP contribution in [0.5, 0.6) is 0 Å². The Hall–Kier alpha value is -1.14. The average molecular weight is 286 g/mol. The largest absolute Gasteiger partial charge is 0.310 e. The highest BCUT2D eigenvalue weighted by molar-refractivity contribution is 8.13. The zero-order chi connectivity index (χ0) is 13.1. The third-order valence-corrected chi connectivity index (χ3v) is 3.88. The van der Waals surface area contributed by atoms with Gasteiger partial charge in [-0.25, -0.2) is 0 Å². The smallest absolute Gasteiger partial charge is 0.227 e. The molecule has 2 heterocycles. The maximum absolute atomic E-state index is 11.9. The first kappa shape index (κ1) is 13.3. The highest BCUT2D eigenvalue weighted by atomic mass is 35.5. The second-order valence-electron chi connectivity index (χ2n) is 4.11. The van der Waals surface area contributed by atoms with Crippen molar-refractivity contribution in [2.75, 3.05) is 17.2 Å². The first-order valence-corrected chi connectivity index (χ1v) is 6.84. The van der Waals surface area contributed by atoms with E-state index in [1.165, 1.54) is 24.9 Å². The van der Waals surface area contributed by atoms with E-state index in [9.17, 15) is 9.59 Å². The van der Waals surface area contributed by atoms with Crippen molar-refractivity contribution in [3.8, 4) is 0 Å². The number of anilines is 1. The molecule has 0 aliphatic carbocycles. The van der Waals surface area contributed by atoms with Crippen molar-refractivity contribution >= 4 is 40.1 Å². The Bertz CT molecular complexity index is 483. The number of hydrogen-bond donors (Lipinski definition) is 0. The van der Waals surface area contributed by atoms with Gasteiger partial charge in [0.25, 0.3) is 0 Å². The summed E-state index contributed by atoms with van der Waals surface area (Å²) < 4.78 is 0. The number of carbonyl (C=O) groups is 2. The zero-order valence-corrected chi connectivity index (χ0v) is 11.4. The van der Waals surface area contributed by atoms with Gasteiger partial charge in [0.05, 0.1) is 11.9 Å². The van der Waals surface area contributed by atoms with E-state index in [1.54, 1.807) is 11.0 Å². The van der Waals surface area contributed by atoms with Gasteiger partial charge in [0, 0.05) is 31.7 Å². The summed E-state index contributed by atoms with van der Waals surface area (Å²) in [6, 6.07) is 1.62. The highest BCUT2D eigenvalue weighted by Gasteiger charge is 2.31. The molecular formula is C11H12ClN3O2S. The maximum atomic E-state index is 11.9. The Kier molecular flexibility index (Phi) is 4.19. The fourth-order valence-electron chi connectivity index (χ4n) is 1.86. The molecular weight excluding hydrogens is 274 g/mol. The van der Waals surface area contributed by atoms with Crippen LogP contribution >= 0.6 is 23.4 Å². The van der Waals surface area contributed by atoms with Crippen LogP contribution in [-0.4, -0.2) is 33.5 Å². The quantitative estimate of drug-likeness (QED) is 0.847. The second kappa shape index (κ2) is 5.67. The number of nitrogens with zero attached hydrogens (tertiary/aromatic N) is 3. The molecule has 1 saturated heterocycles. The topological polar surface area (TPSA) is 63.2 Å². The fraction of sp³-hybridized carbons (Fsp3) is 0.455. The van der Waals surface area contributed by atoms with Gasteiger partial charge >= 0.3 is 0 Å². The van der Waals surface area contributed by atoms with Crippen molar-refractivity contribution < 1.29 is 9.59 Å². The van der Waals surface area contributed by atoms with E-state index < -0.39 is 0 Å². The number of thioether (sulfide) groups is 1.